The van der Waals surface area contributed by atoms with Crippen molar-refractivity contribution in [3.05, 3.63) is 71.0 Å². The maximum absolute atomic E-state index is 13.7. The molecule has 0 radical (unpaired) electrons. The molecule has 0 aliphatic heterocycles. The van der Waals surface area contributed by atoms with Gasteiger partial charge in [0.15, 0.2) is 0 Å². The normalized spacial score (nSPS) is 11.7. The maximum Gasteiger partial charge on any atom is 0.328 e. The highest BCUT2D eigenvalue weighted by atomic mass is 19.1. The van der Waals surface area contributed by atoms with Gasteiger partial charge < -0.3 is 10.1 Å². The van der Waals surface area contributed by atoms with E-state index in [1.165, 1.54) is 18.2 Å². The molecule has 2 aromatic rings. The smallest absolute Gasteiger partial charge is 0.328 e. The van der Waals surface area contributed by atoms with Crippen molar-refractivity contribution < 1.29 is 27.5 Å². The molecule has 1 atom stereocenters. The molecule has 25 heavy (non-hydrogen) atoms. The summed E-state index contributed by atoms with van der Waals surface area (Å²) in [6, 6.07) is 7.44. The van der Waals surface area contributed by atoms with E-state index in [0.29, 0.717) is 6.07 Å². The van der Waals surface area contributed by atoms with E-state index in [4.69, 9.17) is 0 Å². The summed E-state index contributed by atoms with van der Waals surface area (Å²) >= 11 is 0. The van der Waals surface area contributed by atoms with Crippen molar-refractivity contribution in [1.29, 1.82) is 0 Å². The largest absolute Gasteiger partial charge is 0.467 e. The first-order valence-electron chi connectivity index (χ1n) is 7.44. The number of hydrogen-bond donors (Lipinski definition) is 1. The van der Waals surface area contributed by atoms with E-state index in [2.05, 4.69) is 10.1 Å². The second-order valence-electron chi connectivity index (χ2n) is 5.39. The number of halogens is 3. The van der Waals surface area contributed by atoms with E-state index in [0.717, 1.165) is 19.2 Å². The Bertz CT molecular complexity index is 760. The fourth-order valence-electron chi connectivity index (χ4n) is 2.36. The van der Waals surface area contributed by atoms with E-state index in [1.54, 1.807) is 6.07 Å². The molecule has 0 spiro atoms. The lowest BCUT2D eigenvalue weighted by atomic mass is 10.0. The first-order valence-corrected chi connectivity index (χ1v) is 7.44. The second-order valence-corrected chi connectivity index (χ2v) is 5.39. The zero-order valence-electron chi connectivity index (χ0n) is 13.4. The van der Waals surface area contributed by atoms with Gasteiger partial charge in [-0.05, 0) is 29.3 Å². The van der Waals surface area contributed by atoms with Gasteiger partial charge in [-0.1, -0.05) is 18.2 Å². The third-order valence-electron chi connectivity index (χ3n) is 3.49. The van der Waals surface area contributed by atoms with Crippen LogP contribution in [0.5, 0.6) is 0 Å². The molecule has 0 fully saturated rings. The standard InChI is InChI=1S/C18H16F3NO3/c1-25-18(24)16(9-12-4-2-3-5-15(12)21)22-17(23)8-11-6-13(19)10-14(20)7-11/h2-7,10,16H,8-9H2,1H3,(H,22,23)/t16-/m1/s1. The highest BCUT2D eigenvalue weighted by Crippen LogP contribution is 2.11. The molecule has 132 valence electrons. The quantitative estimate of drug-likeness (QED) is 0.814. The lowest BCUT2D eigenvalue weighted by Crippen LogP contribution is -2.43. The van der Waals surface area contributed by atoms with Crippen molar-refractivity contribution in [2.45, 2.75) is 18.9 Å². The number of carbonyl (C=O) groups excluding carboxylic acids is 2. The number of carbonyl (C=O) groups is 2. The van der Waals surface area contributed by atoms with Gasteiger partial charge in [0.05, 0.1) is 13.5 Å². The summed E-state index contributed by atoms with van der Waals surface area (Å²) in [7, 11) is 1.14. The van der Waals surface area contributed by atoms with Crippen LogP contribution in [0.4, 0.5) is 13.2 Å². The number of rotatable bonds is 6. The molecule has 0 heterocycles. The zero-order valence-corrected chi connectivity index (χ0v) is 13.4. The number of nitrogens with one attached hydrogen (secondary N) is 1. The summed E-state index contributed by atoms with van der Waals surface area (Å²) in [6.45, 7) is 0. The first-order chi connectivity index (χ1) is 11.9. The number of methoxy groups -OCH3 is 1. The van der Waals surface area contributed by atoms with E-state index in [-0.39, 0.29) is 24.0 Å². The van der Waals surface area contributed by atoms with Crippen LogP contribution in [0, 0.1) is 17.5 Å². The van der Waals surface area contributed by atoms with Crippen LogP contribution >= 0.6 is 0 Å². The molecule has 2 aromatic carbocycles. The van der Waals surface area contributed by atoms with Gasteiger partial charge in [0.2, 0.25) is 5.91 Å². The van der Waals surface area contributed by atoms with Crippen molar-refractivity contribution in [1.82, 2.24) is 5.32 Å². The summed E-state index contributed by atoms with van der Waals surface area (Å²) in [4.78, 5) is 23.9. The SMILES string of the molecule is COC(=O)[C@@H](Cc1ccccc1F)NC(=O)Cc1cc(F)cc(F)c1. The molecular weight excluding hydrogens is 335 g/mol. The molecule has 4 nitrogen and oxygen atoms in total. The number of ether oxygens (including phenoxy) is 1. The van der Waals surface area contributed by atoms with Crippen molar-refractivity contribution in [2.24, 2.45) is 0 Å². The first kappa shape index (κ1) is 18.5. The highest BCUT2D eigenvalue weighted by molar-refractivity contribution is 5.85. The average Bonchev–Trinajstić information content (AvgIpc) is 2.54. The fraction of sp³-hybridized carbons (Fsp3) is 0.222. The van der Waals surface area contributed by atoms with Crippen LogP contribution in [-0.4, -0.2) is 25.0 Å². The van der Waals surface area contributed by atoms with E-state index in [9.17, 15) is 22.8 Å². The average molecular weight is 351 g/mol. The Morgan fingerprint density at radius 1 is 1.08 bits per heavy atom. The Labute approximate surface area is 142 Å². The minimum atomic E-state index is -1.12. The highest BCUT2D eigenvalue weighted by Gasteiger charge is 2.23. The minimum absolute atomic E-state index is 0.109. The Hall–Kier alpha value is -2.83. The van der Waals surface area contributed by atoms with E-state index >= 15 is 0 Å². The van der Waals surface area contributed by atoms with Crippen molar-refractivity contribution >= 4 is 11.9 Å². The molecule has 7 heteroatoms. The predicted octanol–water partition coefficient (Wildman–Crippen LogP) is 2.55. The van der Waals surface area contributed by atoms with Crippen LogP contribution in [0.3, 0.4) is 0 Å². The number of benzene rings is 2. The molecule has 0 aliphatic rings. The van der Waals surface area contributed by atoms with Crippen molar-refractivity contribution in [3.8, 4) is 0 Å². The van der Waals surface area contributed by atoms with Gasteiger partial charge in [-0.2, -0.15) is 0 Å². The molecule has 0 aromatic heterocycles. The van der Waals surface area contributed by atoms with Gasteiger partial charge >= 0.3 is 5.97 Å². The van der Waals surface area contributed by atoms with Crippen LogP contribution in [0.2, 0.25) is 0 Å². The number of esters is 1. The molecule has 0 saturated carbocycles. The van der Waals surface area contributed by atoms with E-state index in [1.807, 2.05) is 0 Å². The minimum Gasteiger partial charge on any atom is -0.467 e. The second kappa shape index (κ2) is 8.32. The molecule has 0 unspecified atom stereocenters. The van der Waals surface area contributed by atoms with Crippen molar-refractivity contribution in [3.63, 3.8) is 0 Å². The van der Waals surface area contributed by atoms with E-state index < -0.39 is 35.4 Å². The van der Waals surface area contributed by atoms with Crippen LogP contribution in [0.1, 0.15) is 11.1 Å². The zero-order chi connectivity index (χ0) is 18.4. The van der Waals surface area contributed by atoms with Crippen LogP contribution in [0.15, 0.2) is 42.5 Å². The third kappa shape index (κ3) is 5.34. The van der Waals surface area contributed by atoms with Gasteiger partial charge in [0.25, 0.3) is 0 Å². The lowest BCUT2D eigenvalue weighted by molar-refractivity contribution is -0.145. The van der Waals surface area contributed by atoms with Crippen LogP contribution in [0.25, 0.3) is 0 Å². The molecular formula is C18H16F3NO3. The molecule has 0 aliphatic carbocycles. The maximum atomic E-state index is 13.7. The molecule has 2 rings (SSSR count). The molecule has 1 N–H and O–H groups in total. The summed E-state index contributed by atoms with van der Waals surface area (Å²) in [5.41, 5.74) is 0.347. The molecule has 1 amide bonds. The Morgan fingerprint density at radius 2 is 1.72 bits per heavy atom. The van der Waals surface area contributed by atoms with Gasteiger partial charge in [-0.25, -0.2) is 18.0 Å². The van der Waals surface area contributed by atoms with Crippen LogP contribution < -0.4 is 5.32 Å². The predicted molar refractivity (Wildman–Crippen MR) is 84.1 cm³/mol. The molecule has 0 saturated heterocycles. The fourth-order valence-corrected chi connectivity index (χ4v) is 2.36. The Kier molecular flexibility index (Phi) is 6.16. The topological polar surface area (TPSA) is 55.4 Å². The van der Waals surface area contributed by atoms with Gasteiger partial charge in [-0.3, -0.25) is 4.79 Å². The van der Waals surface area contributed by atoms with Crippen LogP contribution in [-0.2, 0) is 27.2 Å². The third-order valence-corrected chi connectivity index (χ3v) is 3.49. The van der Waals surface area contributed by atoms with Gasteiger partial charge in [0.1, 0.15) is 23.5 Å². The monoisotopic (exact) mass is 351 g/mol. The van der Waals surface area contributed by atoms with Gasteiger partial charge in [0, 0.05) is 12.5 Å². The summed E-state index contributed by atoms with van der Waals surface area (Å²) < 4.78 is 44.7. The van der Waals surface area contributed by atoms with Crippen molar-refractivity contribution in [2.75, 3.05) is 7.11 Å². The Balaban J connectivity index is 2.09. The van der Waals surface area contributed by atoms with Gasteiger partial charge in [-0.15, -0.1) is 0 Å². The number of hydrogen-bond acceptors (Lipinski definition) is 3. The number of amides is 1. The summed E-state index contributed by atoms with van der Waals surface area (Å²) in [5, 5.41) is 2.41. The Morgan fingerprint density at radius 3 is 2.32 bits per heavy atom. The molecule has 0 bridgehead atoms. The lowest BCUT2D eigenvalue weighted by Gasteiger charge is -2.17. The summed E-state index contributed by atoms with van der Waals surface area (Å²) in [6.07, 6.45) is -0.442. The summed E-state index contributed by atoms with van der Waals surface area (Å²) in [5.74, 6) is -3.52.